The number of carbonyl (C=O) groups excluding carboxylic acids is 1. The first kappa shape index (κ1) is 12.2. The lowest BCUT2D eigenvalue weighted by molar-refractivity contribution is 0.0600. The summed E-state index contributed by atoms with van der Waals surface area (Å²) in [5.41, 5.74) is 1.55. The van der Waals surface area contributed by atoms with Crippen LogP contribution in [0.5, 0.6) is 0 Å². The van der Waals surface area contributed by atoms with Gasteiger partial charge >= 0.3 is 5.97 Å². The van der Waals surface area contributed by atoms with Gasteiger partial charge in [0.25, 0.3) is 0 Å². The number of imidazole rings is 1. The molecule has 0 N–H and O–H groups in total. The number of fused-ring (bicyclic) bond motifs is 1. The highest BCUT2D eigenvalue weighted by molar-refractivity contribution is 5.89. The Morgan fingerprint density at radius 1 is 1.47 bits per heavy atom. The van der Waals surface area contributed by atoms with E-state index in [1.54, 1.807) is 6.07 Å². The van der Waals surface area contributed by atoms with Crippen molar-refractivity contribution in [2.45, 2.75) is 18.9 Å². The maximum Gasteiger partial charge on any atom is 0.339 e. The standard InChI is InChI=1S/C14H17N3O2/c1-16-7-3-4-12(16)13-15-8-11-6-5-10(9-17(11)13)14(18)19-2/h5-6,8-9,12H,3-4,7H2,1-2H3. The molecule has 1 saturated heterocycles. The van der Waals surface area contributed by atoms with Crippen LogP contribution in [0.15, 0.2) is 24.5 Å². The Kier molecular flexibility index (Phi) is 2.98. The van der Waals surface area contributed by atoms with Gasteiger partial charge in [0, 0.05) is 6.20 Å². The lowest BCUT2D eigenvalue weighted by atomic mass is 10.2. The van der Waals surface area contributed by atoms with Gasteiger partial charge in [-0.2, -0.15) is 0 Å². The van der Waals surface area contributed by atoms with Crippen LogP contribution in [0.4, 0.5) is 0 Å². The van der Waals surface area contributed by atoms with Gasteiger partial charge in [-0.05, 0) is 38.6 Å². The van der Waals surface area contributed by atoms with E-state index in [0.29, 0.717) is 11.6 Å². The summed E-state index contributed by atoms with van der Waals surface area (Å²) >= 11 is 0. The van der Waals surface area contributed by atoms with Crippen LogP contribution in [0.25, 0.3) is 5.52 Å². The summed E-state index contributed by atoms with van der Waals surface area (Å²) in [6.45, 7) is 1.09. The summed E-state index contributed by atoms with van der Waals surface area (Å²) < 4.78 is 6.76. The van der Waals surface area contributed by atoms with Gasteiger partial charge in [0.05, 0.1) is 30.4 Å². The van der Waals surface area contributed by atoms with Gasteiger partial charge in [-0.25, -0.2) is 9.78 Å². The molecule has 1 aliphatic rings. The summed E-state index contributed by atoms with van der Waals surface area (Å²) in [5, 5.41) is 0. The Bertz CT molecular complexity index is 620. The summed E-state index contributed by atoms with van der Waals surface area (Å²) in [7, 11) is 3.51. The van der Waals surface area contributed by atoms with Crippen LogP contribution in [0.2, 0.25) is 0 Å². The molecule has 0 bridgehead atoms. The zero-order valence-corrected chi connectivity index (χ0v) is 11.2. The van der Waals surface area contributed by atoms with E-state index in [-0.39, 0.29) is 5.97 Å². The number of carbonyl (C=O) groups is 1. The molecule has 0 spiro atoms. The van der Waals surface area contributed by atoms with Crippen molar-refractivity contribution in [1.29, 1.82) is 0 Å². The Balaban J connectivity index is 2.07. The van der Waals surface area contributed by atoms with Crippen molar-refractivity contribution in [3.05, 3.63) is 35.9 Å². The van der Waals surface area contributed by atoms with Crippen LogP contribution in [-0.4, -0.2) is 41.0 Å². The zero-order valence-electron chi connectivity index (χ0n) is 11.2. The smallest absolute Gasteiger partial charge is 0.339 e. The van der Waals surface area contributed by atoms with E-state index >= 15 is 0 Å². The van der Waals surface area contributed by atoms with Gasteiger partial charge in [0.15, 0.2) is 0 Å². The normalized spacial score (nSPS) is 20.0. The van der Waals surface area contributed by atoms with Crippen LogP contribution >= 0.6 is 0 Å². The molecule has 2 aromatic rings. The average Bonchev–Trinajstić information content (AvgIpc) is 3.02. The maximum atomic E-state index is 11.6. The third kappa shape index (κ3) is 2.00. The van der Waals surface area contributed by atoms with E-state index in [4.69, 9.17) is 4.74 Å². The second-order valence-corrected chi connectivity index (χ2v) is 4.96. The van der Waals surface area contributed by atoms with Gasteiger partial charge in [-0.1, -0.05) is 0 Å². The second-order valence-electron chi connectivity index (χ2n) is 4.96. The number of nitrogens with zero attached hydrogens (tertiary/aromatic N) is 3. The number of esters is 1. The molecule has 0 radical (unpaired) electrons. The summed E-state index contributed by atoms with van der Waals surface area (Å²) in [6.07, 6.45) is 5.96. The zero-order chi connectivity index (χ0) is 13.4. The monoisotopic (exact) mass is 259 g/mol. The molecule has 1 atom stereocenters. The van der Waals surface area contributed by atoms with E-state index in [9.17, 15) is 4.79 Å². The number of likely N-dealkylation sites (tertiary alicyclic amines) is 1. The van der Waals surface area contributed by atoms with E-state index in [0.717, 1.165) is 24.3 Å². The Labute approximate surface area is 111 Å². The number of ether oxygens (including phenoxy) is 1. The fourth-order valence-corrected chi connectivity index (χ4v) is 2.73. The molecular weight excluding hydrogens is 242 g/mol. The minimum absolute atomic E-state index is 0.318. The molecule has 2 aromatic heterocycles. The van der Waals surface area contributed by atoms with E-state index in [1.165, 1.54) is 13.5 Å². The van der Waals surface area contributed by atoms with Crippen LogP contribution in [0.1, 0.15) is 35.1 Å². The quantitative estimate of drug-likeness (QED) is 0.773. The number of aromatic nitrogens is 2. The molecule has 19 heavy (non-hydrogen) atoms. The largest absolute Gasteiger partial charge is 0.465 e. The highest BCUT2D eigenvalue weighted by atomic mass is 16.5. The van der Waals surface area contributed by atoms with Crippen LogP contribution in [0, 0.1) is 0 Å². The van der Waals surface area contributed by atoms with E-state index in [2.05, 4.69) is 16.9 Å². The molecule has 100 valence electrons. The minimum Gasteiger partial charge on any atom is -0.465 e. The molecule has 1 unspecified atom stereocenters. The van der Waals surface area contributed by atoms with Crippen molar-refractivity contribution in [2.24, 2.45) is 0 Å². The lowest BCUT2D eigenvalue weighted by Crippen LogP contribution is -2.19. The van der Waals surface area contributed by atoms with Crippen LogP contribution in [0.3, 0.4) is 0 Å². The number of rotatable bonds is 2. The van der Waals surface area contributed by atoms with Crippen molar-refractivity contribution in [1.82, 2.24) is 14.3 Å². The van der Waals surface area contributed by atoms with Gasteiger partial charge in [0.2, 0.25) is 0 Å². The molecule has 0 amide bonds. The van der Waals surface area contributed by atoms with Crippen LogP contribution < -0.4 is 0 Å². The Morgan fingerprint density at radius 3 is 3.00 bits per heavy atom. The average molecular weight is 259 g/mol. The molecule has 1 fully saturated rings. The third-order valence-corrected chi connectivity index (χ3v) is 3.80. The van der Waals surface area contributed by atoms with Gasteiger partial charge in [0.1, 0.15) is 5.82 Å². The first-order valence-electron chi connectivity index (χ1n) is 6.46. The summed E-state index contributed by atoms with van der Waals surface area (Å²) in [4.78, 5) is 18.4. The van der Waals surface area contributed by atoms with Crippen molar-refractivity contribution < 1.29 is 9.53 Å². The molecular formula is C14H17N3O2. The third-order valence-electron chi connectivity index (χ3n) is 3.80. The van der Waals surface area contributed by atoms with Crippen LogP contribution in [-0.2, 0) is 4.74 Å². The van der Waals surface area contributed by atoms with Gasteiger partial charge in [-0.3, -0.25) is 4.90 Å². The van der Waals surface area contributed by atoms with Crippen molar-refractivity contribution in [2.75, 3.05) is 20.7 Å². The van der Waals surface area contributed by atoms with Crippen molar-refractivity contribution in [3.8, 4) is 0 Å². The number of pyridine rings is 1. The Morgan fingerprint density at radius 2 is 2.32 bits per heavy atom. The molecule has 3 rings (SSSR count). The highest BCUT2D eigenvalue weighted by Gasteiger charge is 2.26. The first-order chi connectivity index (χ1) is 9.20. The van der Waals surface area contributed by atoms with Crippen molar-refractivity contribution >= 4 is 11.5 Å². The first-order valence-corrected chi connectivity index (χ1v) is 6.46. The number of methoxy groups -OCH3 is 1. The predicted octanol–water partition coefficient (Wildman–Crippen LogP) is 1.89. The second kappa shape index (κ2) is 4.66. The minimum atomic E-state index is -0.318. The van der Waals surface area contributed by atoms with Gasteiger partial charge in [-0.15, -0.1) is 0 Å². The molecule has 0 saturated carbocycles. The van der Waals surface area contributed by atoms with E-state index < -0.39 is 0 Å². The Hall–Kier alpha value is -1.88. The molecule has 3 heterocycles. The lowest BCUT2D eigenvalue weighted by Gasteiger charge is -2.18. The maximum absolute atomic E-state index is 11.6. The fourth-order valence-electron chi connectivity index (χ4n) is 2.73. The molecule has 1 aliphatic heterocycles. The van der Waals surface area contributed by atoms with Crippen molar-refractivity contribution in [3.63, 3.8) is 0 Å². The fraction of sp³-hybridized carbons (Fsp3) is 0.429. The molecule has 5 heteroatoms. The summed E-state index contributed by atoms with van der Waals surface area (Å²) in [5.74, 6) is 0.682. The molecule has 0 aliphatic carbocycles. The number of hydrogen-bond acceptors (Lipinski definition) is 4. The summed E-state index contributed by atoms with van der Waals surface area (Å²) in [6, 6.07) is 4.00. The molecule has 0 aromatic carbocycles. The highest BCUT2D eigenvalue weighted by Crippen LogP contribution is 2.29. The van der Waals surface area contributed by atoms with Gasteiger partial charge < -0.3 is 9.14 Å². The van der Waals surface area contributed by atoms with E-state index in [1.807, 2.05) is 22.9 Å². The number of hydrogen-bond donors (Lipinski definition) is 0. The predicted molar refractivity (Wildman–Crippen MR) is 71.1 cm³/mol. The molecule has 5 nitrogen and oxygen atoms in total. The SMILES string of the molecule is COC(=O)c1ccc2cnc(C3CCCN3C)n2c1. The topological polar surface area (TPSA) is 46.8 Å².